The summed E-state index contributed by atoms with van der Waals surface area (Å²) in [5.74, 6) is -0.597. The minimum atomic E-state index is -0.901. The fourth-order valence-corrected chi connectivity index (χ4v) is 2.03. The van der Waals surface area contributed by atoms with Crippen molar-refractivity contribution in [1.82, 2.24) is 10.6 Å². The van der Waals surface area contributed by atoms with Crippen LogP contribution in [-0.2, 0) is 14.3 Å². The fraction of sp³-hybridized carbons (Fsp3) is 0.471. The van der Waals surface area contributed by atoms with Gasteiger partial charge >= 0.3 is 5.97 Å². The Morgan fingerprint density at radius 3 is 2.24 bits per heavy atom. The predicted octanol–water partition coefficient (Wildman–Crippen LogP) is 0.644. The molecule has 2 rings (SSSR count). The Labute approximate surface area is 145 Å². The van der Waals surface area contributed by atoms with Gasteiger partial charge in [0, 0.05) is 17.7 Å². The summed E-state index contributed by atoms with van der Waals surface area (Å²) in [6, 6.07) is 4.87. The minimum absolute atomic E-state index is 0.191. The van der Waals surface area contributed by atoms with Gasteiger partial charge in [0.1, 0.15) is 18.0 Å². The molecule has 8 nitrogen and oxygen atoms in total. The summed E-state index contributed by atoms with van der Waals surface area (Å²) in [6.07, 6.45) is 1.00. The maximum absolute atomic E-state index is 12.1. The van der Waals surface area contributed by atoms with Crippen LogP contribution in [0.15, 0.2) is 18.2 Å². The van der Waals surface area contributed by atoms with Crippen molar-refractivity contribution in [2.45, 2.75) is 31.9 Å². The lowest BCUT2D eigenvalue weighted by atomic mass is 10.2. The molecule has 0 spiro atoms. The summed E-state index contributed by atoms with van der Waals surface area (Å²) in [7, 11) is 2.95. The summed E-state index contributed by atoms with van der Waals surface area (Å²) in [5.41, 5.74) is 0.281. The lowest BCUT2D eigenvalue weighted by Gasteiger charge is -2.13. The van der Waals surface area contributed by atoms with Gasteiger partial charge in [0.2, 0.25) is 0 Å². The van der Waals surface area contributed by atoms with Crippen LogP contribution in [0.5, 0.6) is 11.5 Å². The molecule has 0 heterocycles. The Bertz CT molecular complexity index is 634. The summed E-state index contributed by atoms with van der Waals surface area (Å²) >= 11 is 0. The number of amides is 2. The van der Waals surface area contributed by atoms with Crippen molar-refractivity contribution in [3.63, 3.8) is 0 Å². The molecule has 1 aliphatic carbocycles. The molecule has 25 heavy (non-hydrogen) atoms. The number of nitrogens with one attached hydrogen (secondary N) is 2. The van der Waals surface area contributed by atoms with Crippen molar-refractivity contribution < 1.29 is 28.6 Å². The van der Waals surface area contributed by atoms with E-state index in [4.69, 9.17) is 14.2 Å². The molecule has 1 fully saturated rings. The number of methoxy groups -OCH3 is 2. The molecule has 8 heteroatoms. The van der Waals surface area contributed by atoms with Crippen molar-refractivity contribution in [1.29, 1.82) is 0 Å². The standard InChI is InChI=1S/C17H22N2O6/c1-10(16(21)19-12-4-5-12)25-15(20)9-18-17(22)11-6-13(23-2)8-14(7-11)24-3/h6-8,10,12H,4-5,9H2,1-3H3,(H,18,22)(H,19,21)/t10-/m0/s1. The van der Waals surface area contributed by atoms with E-state index in [0.29, 0.717) is 11.5 Å². The first kappa shape index (κ1) is 18.6. The van der Waals surface area contributed by atoms with E-state index in [9.17, 15) is 14.4 Å². The molecule has 2 amide bonds. The van der Waals surface area contributed by atoms with Gasteiger partial charge < -0.3 is 24.8 Å². The minimum Gasteiger partial charge on any atom is -0.497 e. The molecule has 0 bridgehead atoms. The van der Waals surface area contributed by atoms with E-state index in [0.717, 1.165) is 12.8 Å². The Morgan fingerprint density at radius 1 is 1.12 bits per heavy atom. The molecule has 1 saturated carbocycles. The highest BCUT2D eigenvalue weighted by atomic mass is 16.5. The molecular weight excluding hydrogens is 328 g/mol. The highest BCUT2D eigenvalue weighted by Crippen LogP contribution is 2.22. The van der Waals surface area contributed by atoms with Crippen LogP contribution >= 0.6 is 0 Å². The molecule has 136 valence electrons. The molecule has 0 unspecified atom stereocenters. The topological polar surface area (TPSA) is 103 Å². The zero-order chi connectivity index (χ0) is 18.4. The number of hydrogen-bond acceptors (Lipinski definition) is 6. The zero-order valence-electron chi connectivity index (χ0n) is 14.5. The molecule has 1 aromatic carbocycles. The first-order chi connectivity index (χ1) is 11.9. The first-order valence-corrected chi connectivity index (χ1v) is 7.94. The van der Waals surface area contributed by atoms with E-state index in [1.807, 2.05) is 0 Å². The Hall–Kier alpha value is -2.77. The van der Waals surface area contributed by atoms with Gasteiger partial charge in [0.05, 0.1) is 14.2 Å². The second-order valence-corrected chi connectivity index (χ2v) is 5.70. The highest BCUT2D eigenvalue weighted by molar-refractivity contribution is 5.97. The van der Waals surface area contributed by atoms with Gasteiger partial charge in [0.25, 0.3) is 11.8 Å². The van der Waals surface area contributed by atoms with E-state index < -0.39 is 18.0 Å². The number of benzene rings is 1. The van der Waals surface area contributed by atoms with Gasteiger partial charge in [0.15, 0.2) is 6.10 Å². The highest BCUT2D eigenvalue weighted by Gasteiger charge is 2.27. The molecule has 1 aromatic rings. The molecule has 0 aliphatic heterocycles. The molecule has 2 N–H and O–H groups in total. The lowest BCUT2D eigenvalue weighted by molar-refractivity contribution is -0.153. The Kier molecular flexibility index (Phi) is 6.21. The second-order valence-electron chi connectivity index (χ2n) is 5.70. The van der Waals surface area contributed by atoms with Crippen molar-refractivity contribution in [3.05, 3.63) is 23.8 Å². The Balaban J connectivity index is 1.84. The number of ether oxygens (including phenoxy) is 3. The van der Waals surface area contributed by atoms with E-state index >= 15 is 0 Å². The summed E-state index contributed by atoms with van der Waals surface area (Å²) in [4.78, 5) is 35.7. The second kappa shape index (κ2) is 8.36. The third-order valence-electron chi connectivity index (χ3n) is 3.61. The molecular formula is C17H22N2O6. The van der Waals surface area contributed by atoms with Gasteiger partial charge in [-0.05, 0) is 31.9 Å². The van der Waals surface area contributed by atoms with E-state index in [-0.39, 0.29) is 24.1 Å². The number of carbonyl (C=O) groups excluding carboxylic acids is 3. The molecule has 1 aliphatic rings. The summed E-state index contributed by atoms with van der Waals surface area (Å²) in [6.45, 7) is 1.14. The largest absolute Gasteiger partial charge is 0.497 e. The van der Waals surface area contributed by atoms with Crippen LogP contribution in [0.3, 0.4) is 0 Å². The quantitative estimate of drug-likeness (QED) is 0.667. The number of hydrogen-bond donors (Lipinski definition) is 2. The normalized spacial score (nSPS) is 14.2. The average molecular weight is 350 g/mol. The van der Waals surface area contributed by atoms with Gasteiger partial charge in [-0.15, -0.1) is 0 Å². The lowest BCUT2D eigenvalue weighted by Crippen LogP contribution is -2.39. The molecule has 1 atom stereocenters. The molecule has 0 radical (unpaired) electrons. The molecule has 0 aromatic heterocycles. The average Bonchev–Trinajstić information content (AvgIpc) is 3.42. The van der Waals surface area contributed by atoms with Crippen molar-refractivity contribution in [2.24, 2.45) is 0 Å². The van der Waals surface area contributed by atoms with Crippen LogP contribution < -0.4 is 20.1 Å². The van der Waals surface area contributed by atoms with E-state index in [2.05, 4.69) is 10.6 Å². The monoisotopic (exact) mass is 350 g/mol. The molecule has 0 saturated heterocycles. The van der Waals surface area contributed by atoms with Crippen LogP contribution in [0.4, 0.5) is 0 Å². The van der Waals surface area contributed by atoms with Gasteiger partial charge in [-0.1, -0.05) is 0 Å². The summed E-state index contributed by atoms with van der Waals surface area (Å²) in [5, 5.41) is 5.19. The first-order valence-electron chi connectivity index (χ1n) is 7.94. The maximum atomic E-state index is 12.1. The smallest absolute Gasteiger partial charge is 0.326 e. The third kappa shape index (κ3) is 5.66. The third-order valence-corrected chi connectivity index (χ3v) is 3.61. The Morgan fingerprint density at radius 2 is 1.72 bits per heavy atom. The number of carbonyl (C=O) groups is 3. The fourth-order valence-electron chi connectivity index (χ4n) is 2.03. The van der Waals surface area contributed by atoms with Crippen LogP contribution in [0.2, 0.25) is 0 Å². The van der Waals surface area contributed by atoms with Crippen LogP contribution in [0.1, 0.15) is 30.1 Å². The predicted molar refractivity (Wildman–Crippen MR) is 88.6 cm³/mol. The van der Waals surface area contributed by atoms with E-state index in [1.54, 1.807) is 6.07 Å². The zero-order valence-corrected chi connectivity index (χ0v) is 14.5. The van der Waals surface area contributed by atoms with Gasteiger partial charge in [-0.2, -0.15) is 0 Å². The van der Waals surface area contributed by atoms with Crippen molar-refractivity contribution >= 4 is 17.8 Å². The summed E-state index contributed by atoms with van der Waals surface area (Å²) < 4.78 is 15.2. The SMILES string of the molecule is COc1cc(OC)cc(C(=O)NCC(=O)O[C@@H](C)C(=O)NC2CC2)c1. The van der Waals surface area contributed by atoms with Crippen molar-refractivity contribution in [3.8, 4) is 11.5 Å². The number of esters is 1. The van der Waals surface area contributed by atoms with Crippen molar-refractivity contribution in [2.75, 3.05) is 20.8 Å². The van der Waals surface area contributed by atoms with Crippen LogP contribution in [0, 0.1) is 0 Å². The van der Waals surface area contributed by atoms with Gasteiger partial charge in [-0.25, -0.2) is 0 Å². The van der Waals surface area contributed by atoms with E-state index in [1.165, 1.54) is 33.3 Å². The maximum Gasteiger partial charge on any atom is 0.326 e. The van der Waals surface area contributed by atoms with Crippen LogP contribution in [0.25, 0.3) is 0 Å². The van der Waals surface area contributed by atoms with Crippen LogP contribution in [-0.4, -0.2) is 50.7 Å². The number of rotatable bonds is 8. The van der Waals surface area contributed by atoms with Gasteiger partial charge in [-0.3, -0.25) is 14.4 Å².